The van der Waals surface area contributed by atoms with E-state index in [1.54, 1.807) is 0 Å². The Labute approximate surface area is 132 Å². The minimum Gasteiger partial charge on any atom is -0.481 e. The van der Waals surface area contributed by atoms with Gasteiger partial charge in [0.2, 0.25) is 0 Å². The molecule has 1 heterocycles. The highest BCUT2D eigenvalue weighted by atomic mass is 19.1. The first-order valence-corrected chi connectivity index (χ1v) is 7.74. The zero-order chi connectivity index (χ0) is 16.0. The number of carboxylic acid groups (broad SMARTS) is 1. The second kappa shape index (κ2) is 5.23. The van der Waals surface area contributed by atoms with Gasteiger partial charge < -0.3 is 10.1 Å². The molecule has 23 heavy (non-hydrogen) atoms. The van der Waals surface area contributed by atoms with Crippen LogP contribution in [-0.2, 0) is 17.6 Å². The van der Waals surface area contributed by atoms with Crippen LogP contribution in [-0.4, -0.2) is 16.1 Å². The Balaban J connectivity index is 1.93. The van der Waals surface area contributed by atoms with Gasteiger partial charge in [0, 0.05) is 16.6 Å². The van der Waals surface area contributed by atoms with E-state index >= 15 is 0 Å². The number of fused-ring (bicyclic) bond motifs is 3. The van der Waals surface area contributed by atoms with Crippen molar-refractivity contribution in [2.24, 2.45) is 5.92 Å². The molecular weight excluding hydrogens is 293 g/mol. The van der Waals surface area contributed by atoms with Gasteiger partial charge in [0.05, 0.1) is 11.4 Å². The summed E-state index contributed by atoms with van der Waals surface area (Å²) in [6, 6.07) is 12.7. The quantitative estimate of drug-likeness (QED) is 0.746. The van der Waals surface area contributed by atoms with E-state index in [1.807, 2.05) is 30.3 Å². The van der Waals surface area contributed by atoms with E-state index in [2.05, 4.69) is 4.98 Å². The van der Waals surface area contributed by atoms with Crippen LogP contribution in [0, 0.1) is 11.7 Å². The molecule has 2 aromatic carbocycles. The van der Waals surface area contributed by atoms with Crippen LogP contribution < -0.4 is 0 Å². The summed E-state index contributed by atoms with van der Waals surface area (Å²) in [6.45, 7) is 0. The number of aryl methyl sites for hydroxylation is 1. The van der Waals surface area contributed by atoms with Gasteiger partial charge in [0.1, 0.15) is 5.82 Å². The van der Waals surface area contributed by atoms with Crippen molar-refractivity contribution in [3.63, 3.8) is 0 Å². The standard InChI is InChI=1S/C19H16FNO2/c20-13-9-14(11-4-2-1-3-5-11)18-16(10-13)15-8-12(19(22)23)6-7-17(15)21-18/h1-5,9-10,12,21H,6-8H2,(H,22,23). The van der Waals surface area contributed by atoms with Gasteiger partial charge in [-0.2, -0.15) is 0 Å². The largest absolute Gasteiger partial charge is 0.481 e. The summed E-state index contributed by atoms with van der Waals surface area (Å²) in [6.07, 6.45) is 1.78. The Morgan fingerprint density at radius 2 is 2.00 bits per heavy atom. The Kier molecular flexibility index (Phi) is 3.18. The molecule has 0 aliphatic heterocycles. The molecule has 0 spiro atoms. The lowest BCUT2D eigenvalue weighted by molar-refractivity contribution is -0.142. The molecule has 3 aromatic rings. The molecule has 0 saturated heterocycles. The second-order valence-corrected chi connectivity index (χ2v) is 6.10. The first-order chi connectivity index (χ1) is 11.1. The number of halogens is 1. The summed E-state index contributed by atoms with van der Waals surface area (Å²) in [5, 5.41) is 10.1. The summed E-state index contributed by atoms with van der Waals surface area (Å²) < 4.78 is 14.2. The number of benzene rings is 2. The van der Waals surface area contributed by atoms with Crippen LogP contribution in [0.5, 0.6) is 0 Å². The lowest BCUT2D eigenvalue weighted by Gasteiger charge is -2.18. The van der Waals surface area contributed by atoms with Gasteiger partial charge in [-0.3, -0.25) is 4.79 Å². The summed E-state index contributed by atoms with van der Waals surface area (Å²) in [5.41, 5.74) is 4.66. The predicted octanol–water partition coefficient (Wildman–Crippen LogP) is 4.16. The highest BCUT2D eigenvalue weighted by molar-refractivity contribution is 5.97. The second-order valence-electron chi connectivity index (χ2n) is 6.10. The van der Waals surface area contributed by atoms with Crippen LogP contribution in [0.3, 0.4) is 0 Å². The fourth-order valence-electron chi connectivity index (χ4n) is 3.54. The van der Waals surface area contributed by atoms with Crippen molar-refractivity contribution in [2.45, 2.75) is 19.3 Å². The van der Waals surface area contributed by atoms with Crippen LogP contribution >= 0.6 is 0 Å². The molecule has 0 amide bonds. The van der Waals surface area contributed by atoms with E-state index in [0.717, 1.165) is 33.3 Å². The van der Waals surface area contributed by atoms with Crippen LogP contribution in [0.4, 0.5) is 4.39 Å². The number of aromatic amines is 1. The highest BCUT2D eigenvalue weighted by Crippen LogP contribution is 2.37. The van der Waals surface area contributed by atoms with Crippen molar-refractivity contribution in [3.05, 3.63) is 59.5 Å². The SMILES string of the molecule is O=C(O)C1CCc2[nH]c3c(-c4ccccc4)cc(F)cc3c2C1. The lowest BCUT2D eigenvalue weighted by Crippen LogP contribution is -2.21. The molecule has 116 valence electrons. The molecule has 1 aliphatic rings. The van der Waals surface area contributed by atoms with Crippen LogP contribution in [0.2, 0.25) is 0 Å². The Bertz CT molecular complexity index is 899. The van der Waals surface area contributed by atoms with Gasteiger partial charge in [-0.1, -0.05) is 30.3 Å². The molecule has 3 nitrogen and oxygen atoms in total. The first kappa shape index (κ1) is 14.0. The van der Waals surface area contributed by atoms with Crippen molar-refractivity contribution in [2.75, 3.05) is 0 Å². The zero-order valence-corrected chi connectivity index (χ0v) is 12.5. The molecule has 1 atom stereocenters. The average molecular weight is 309 g/mol. The molecule has 0 bridgehead atoms. The summed E-state index contributed by atoms with van der Waals surface area (Å²) >= 11 is 0. The van der Waals surface area contributed by atoms with Crippen molar-refractivity contribution < 1.29 is 14.3 Å². The summed E-state index contributed by atoms with van der Waals surface area (Å²) in [4.78, 5) is 14.7. The molecule has 1 aliphatic carbocycles. The summed E-state index contributed by atoms with van der Waals surface area (Å²) in [7, 11) is 0. The molecule has 4 heteroatoms. The van der Waals surface area contributed by atoms with Crippen molar-refractivity contribution >= 4 is 16.9 Å². The van der Waals surface area contributed by atoms with Gasteiger partial charge in [0.25, 0.3) is 0 Å². The topological polar surface area (TPSA) is 53.1 Å². The van der Waals surface area contributed by atoms with E-state index in [1.165, 1.54) is 12.1 Å². The average Bonchev–Trinajstić information content (AvgIpc) is 2.92. The zero-order valence-electron chi connectivity index (χ0n) is 12.5. The lowest BCUT2D eigenvalue weighted by atomic mass is 9.86. The maximum atomic E-state index is 14.2. The van der Waals surface area contributed by atoms with E-state index < -0.39 is 5.97 Å². The number of hydrogen-bond donors (Lipinski definition) is 2. The van der Waals surface area contributed by atoms with E-state index in [-0.39, 0.29) is 11.7 Å². The van der Waals surface area contributed by atoms with Gasteiger partial charge in [-0.25, -0.2) is 4.39 Å². The van der Waals surface area contributed by atoms with Crippen molar-refractivity contribution in [1.82, 2.24) is 4.98 Å². The molecule has 0 radical (unpaired) electrons. The smallest absolute Gasteiger partial charge is 0.306 e. The third-order valence-electron chi connectivity index (χ3n) is 4.70. The molecule has 2 N–H and O–H groups in total. The predicted molar refractivity (Wildman–Crippen MR) is 86.8 cm³/mol. The maximum Gasteiger partial charge on any atom is 0.306 e. The Morgan fingerprint density at radius 3 is 2.74 bits per heavy atom. The van der Waals surface area contributed by atoms with E-state index in [0.29, 0.717) is 19.3 Å². The minimum absolute atomic E-state index is 0.296. The molecule has 4 rings (SSSR count). The van der Waals surface area contributed by atoms with Crippen LogP contribution in [0.1, 0.15) is 17.7 Å². The van der Waals surface area contributed by atoms with Gasteiger partial charge >= 0.3 is 5.97 Å². The van der Waals surface area contributed by atoms with Crippen LogP contribution in [0.25, 0.3) is 22.0 Å². The van der Waals surface area contributed by atoms with Crippen molar-refractivity contribution in [3.8, 4) is 11.1 Å². The number of rotatable bonds is 2. The van der Waals surface area contributed by atoms with Crippen molar-refractivity contribution in [1.29, 1.82) is 0 Å². The molecule has 0 fully saturated rings. The third kappa shape index (κ3) is 2.31. The van der Waals surface area contributed by atoms with Crippen LogP contribution in [0.15, 0.2) is 42.5 Å². The normalized spacial score (nSPS) is 17.2. The fourth-order valence-corrected chi connectivity index (χ4v) is 3.54. The molecule has 0 saturated carbocycles. The fraction of sp³-hybridized carbons (Fsp3) is 0.211. The summed E-state index contributed by atoms with van der Waals surface area (Å²) in [5.74, 6) is -1.45. The number of hydrogen-bond acceptors (Lipinski definition) is 1. The number of aromatic nitrogens is 1. The van der Waals surface area contributed by atoms with E-state index in [4.69, 9.17) is 0 Å². The first-order valence-electron chi connectivity index (χ1n) is 7.74. The molecule has 1 unspecified atom stereocenters. The molecule has 1 aromatic heterocycles. The van der Waals surface area contributed by atoms with Gasteiger partial charge in [0.15, 0.2) is 0 Å². The monoisotopic (exact) mass is 309 g/mol. The number of carboxylic acids is 1. The minimum atomic E-state index is -0.773. The van der Waals surface area contributed by atoms with Gasteiger partial charge in [-0.15, -0.1) is 0 Å². The molecular formula is C19H16FNO2. The number of H-pyrrole nitrogens is 1. The maximum absolute atomic E-state index is 14.2. The number of nitrogens with one attached hydrogen (secondary N) is 1. The Morgan fingerprint density at radius 1 is 1.22 bits per heavy atom. The van der Waals surface area contributed by atoms with Gasteiger partial charge in [-0.05, 0) is 42.5 Å². The Hall–Kier alpha value is -2.62. The number of aliphatic carboxylic acids is 1. The highest BCUT2D eigenvalue weighted by Gasteiger charge is 2.28. The van der Waals surface area contributed by atoms with E-state index in [9.17, 15) is 14.3 Å². The third-order valence-corrected chi connectivity index (χ3v) is 4.70. The number of carbonyl (C=O) groups is 1.